The molecule has 1 aromatic rings. The van der Waals surface area contributed by atoms with E-state index in [4.69, 9.17) is 0 Å². The lowest BCUT2D eigenvalue weighted by molar-refractivity contribution is 0.445. The molecule has 0 atom stereocenters. The molecule has 0 amide bonds. The molecule has 1 fully saturated rings. The van der Waals surface area contributed by atoms with Crippen molar-refractivity contribution in [2.24, 2.45) is 0 Å². The van der Waals surface area contributed by atoms with Gasteiger partial charge in [-0.15, -0.1) is 0 Å². The van der Waals surface area contributed by atoms with Crippen LogP contribution in [-0.4, -0.2) is 11.0 Å². The fraction of sp³-hybridized carbons (Fsp3) is 0.500. The Kier molecular flexibility index (Phi) is 2.54. The molecule has 1 saturated carbocycles. The second-order valence-electron chi connectivity index (χ2n) is 3.62. The van der Waals surface area contributed by atoms with E-state index in [0.717, 1.165) is 10.3 Å². The van der Waals surface area contributed by atoms with E-state index < -0.39 is 0 Å². The van der Waals surface area contributed by atoms with Crippen LogP contribution in [0.1, 0.15) is 24.8 Å². The standard InChI is InChI=1S/C10H13BrN2/c1-7-5-9(10(11)12-6-7)13-8-3-2-4-8/h5-6,8,13H,2-4H2,1H3. The van der Waals surface area contributed by atoms with Crippen molar-refractivity contribution in [1.29, 1.82) is 0 Å². The molecule has 13 heavy (non-hydrogen) atoms. The molecule has 0 spiro atoms. The summed E-state index contributed by atoms with van der Waals surface area (Å²) in [5, 5.41) is 3.48. The maximum atomic E-state index is 4.24. The van der Waals surface area contributed by atoms with Gasteiger partial charge in [0.1, 0.15) is 4.60 Å². The maximum Gasteiger partial charge on any atom is 0.129 e. The van der Waals surface area contributed by atoms with Crippen molar-refractivity contribution in [3.8, 4) is 0 Å². The van der Waals surface area contributed by atoms with Crippen LogP contribution in [0.25, 0.3) is 0 Å². The van der Waals surface area contributed by atoms with Gasteiger partial charge in [0.15, 0.2) is 0 Å². The Morgan fingerprint density at radius 3 is 2.92 bits per heavy atom. The summed E-state index contributed by atoms with van der Waals surface area (Å²) in [7, 11) is 0. The first kappa shape index (κ1) is 9.00. The van der Waals surface area contributed by atoms with Crippen molar-refractivity contribution in [3.63, 3.8) is 0 Å². The molecule has 70 valence electrons. The van der Waals surface area contributed by atoms with Crippen LogP contribution < -0.4 is 5.32 Å². The molecular formula is C10H13BrN2. The van der Waals surface area contributed by atoms with Gasteiger partial charge in [-0.3, -0.25) is 0 Å². The number of anilines is 1. The third-order valence-corrected chi connectivity index (χ3v) is 3.07. The Morgan fingerprint density at radius 1 is 1.54 bits per heavy atom. The van der Waals surface area contributed by atoms with Gasteiger partial charge in [-0.05, 0) is 53.7 Å². The molecule has 1 aromatic heterocycles. The first-order chi connectivity index (χ1) is 6.25. The lowest BCUT2D eigenvalue weighted by Gasteiger charge is -2.27. The molecule has 3 heteroatoms. The number of rotatable bonds is 2. The number of hydrogen-bond donors (Lipinski definition) is 1. The second kappa shape index (κ2) is 3.66. The lowest BCUT2D eigenvalue weighted by atomic mass is 9.93. The number of nitrogens with zero attached hydrogens (tertiary/aromatic N) is 1. The largest absolute Gasteiger partial charge is 0.380 e. The van der Waals surface area contributed by atoms with Gasteiger partial charge in [-0.25, -0.2) is 4.98 Å². The predicted octanol–water partition coefficient (Wildman–Crippen LogP) is 3.12. The molecule has 0 aromatic carbocycles. The third-order valence-electron chi connectivity index (χ3n) is 2.44. The van der Waals surface area contributed by atoms with Crippen LogP contribution in [0.2, 0.25) is 0 Å². The summed E-state index contributed by atoms with van der Waals surface area (Å²) in [6.07, 6.45) is 5.81. The average Bonchev–Trinajstić information content (AvgIpc) is 2.03. The minimum absolute atomic E-state index is 0.667. The average molecular weight is 241 g/mol. The van der Waals surface area contributed by atoms with Gasteiger partial charge in [-0.2, -0.15) is 0 Å². The topological polar surface area (TPSA) is 24.9 Å². The summed E-state index contributed by atoms with van der Waals surface area (Å²) in [5.74, 6) is 0. The van der Waals surface area contributed by atoms with Crippen molar-refractivity contribution in [2.45, 2.75) is 32.2 Å². The molecule has 1 N–H and O–H groups in total. The molecule has 0 radical (unpaired) electrons. The van der Waals surface area contributed by atoms with Crippen LogP contribution in [0.5, 0.6) is 0 Å². The first-order valence-corrected chi connectivity index (χ1v) is 5.43. The summed E-state index contributed by atoms with van der Waals surface area (Å²) in [5.41, 5.74) is 2.33. The fourth-order valence-corrected chi connectivity index (χ4v) is 1.76. The summed E-state index contributed by atoms with van der Waals surface area (Å²) in [6, 6.07) is 2.80. The fourth-order valence-electron chi connectivity index (χ4n) is 1.43. The van der Waals surface area contributed by atoms with E-state index in [2.05, 4.69) is 39.2 Å². The molecule has 1 aliphatic carbocycles. The zero-order valence-electron chi connectivity index (χ0n) is 7.68. The molecule has 0 saturated heterocycles. The monoisotopic (exact) mass is 240 g/mol. The van der Waals surface area contributed by atoms with E-state index in [1.165, 1.54) is 24.8 Å². The number of nitrogens with one attached hydrogen (secondary N) is 1. The van der Waals surface area contributed by atoms with Crippen molar-refractivity contribution in [2.75, 3.05) is 5.32 Å². The first-order valence-electron chi connectivity index (χ1n) is 4.64. The molecule has 1 aliphatic rings. The summed E-state index contributed by atoms with van der Waals surface area (Å²) < 4.78 is 0.921. The van der Waals surface area contributed by atoms with Gasteiger partial charge >= 0.3 is 0 Å². The third kappa shape index (κ3) is 2.02. The Labute approximate surface area is 86.9 Å². The van der Waals surface area contributed by atoms with Gasteiger partial charge < -0.3 is 5.32 Å². The number of aryl methyl sites for hydroxylation is 1. The van der Waals surface area contributed by atoms with Gasteiger partial charge in [0.25, 0.3) is 0 Å². The Bertz CT molecular complexity index is 308. The van der Waals surface area contributed by atoms with Crippen LogP contribution >= 0.6 is 15.9 Å². The second-order valence-corrected chi connectivity index (χ2v) is 4.37. The summed E-state index contributed by atoms with van der Waals surface area (Å²) in [4.78, 5) is 4.24. The van der Waals surface area contributed by atoms with Gasteiger partial charge in [-0.1, -0.05) is 0 Å². The van der Waals surface area contributed by atoms with Crippen LogP contribution in [0.4, 0.5) is 5.69 Å². The Balaban J connectivity index is 2.13. The molecular weight excluding hydrogens is 228 g/mol. The Morgan fingerprint density at radius 2 is 2.31 bits per heavy atom. The van der Waals surface area contributed by atoms with Crippen molar-refractivity contribution < 1.29 is 0 Å². The SMILES string of the molecule is Cc1cnc(Br)c(NC2CCC2)c1. The van der Waals surface area contributed by atoms with Gasteiger partial charge in [0, 0.05) is 12.2 Å². The number of halogens is 1. The van der Waals surface area contributed by atoms with E-state index in [1.54, 1.807) is 0 Å². The molecule has 0 bridgehead atoms. The normalized spacial score (nSPS) is 16.8. The van der Waals surface area contributed by atoms with E-state index in [-0.39, 0.29) is 0 Å². The van der Waals surface area contributed by atoms with Crippen LogP contribution in [0.3, 0.4) is 0 Å². The van der Waals surface area contributed by atoms with Gasteiger partial charge in [0.05, 0.1) is 5.69 Å². The number of aromatic nitrogens is 1. The molecule has 1 heterocycles. The molecule has 2 rings (SSSR count). The molecule has 0 aliphatic heterocycles. The van der Waals surface area contributed by atoms with Crippen molar-refractivity contribution in [1.82, 2.24) is 4.98 Å². The predicted molar refractivity (Wildman–Crippen MR) is 57.9 cm³/mol. The van der Waals surface area contributed by atoms with E-state index in [1.807, 2.05) is 6.20 Å². The smallest absolute Gasteiger partial charge is 0.129 e. The highest BCUT2D eigenvalue weighted by atomic mass is 79.9. The lowest BCUT2D eigenvalue weighted by Crippen LogP contribution is -2.27. The number of hydrogen-bond acceptors (Lipinski definition) is 2. The van der Waals surface area contributed by atoms with Gasteiger partial charge in [0.2, 0.25) is 0 Å². The van der Waals surface area contributed by atoms with Crippen molar-refractivity contribution in [3.05, 3.63) is 22.4 Å². The van der Waals surface area contributed by atoms with E-state index >= 15 is 0 Å². The summed E-state index contributed by atoms with van der Waals surface area (Å²) in [6.45, 7) is 2.06. The van der Waals surface area contributed by atoms with E-state index in [0.29, 0.717) is 6.04 Å². The van der Waals surface area contributed by atoms with Crippen LogP contribution in [0.15, 0.2) is 16.9 Å². The minimum atomic E-state index is 0.667. The Hall–Kier alpha value is -0.570. The highest BCUT2D eigenvalue weighted by molar-refractivity contribution is 9.10. The summed E-state index contributed by atoms with van der Waals surface area (Å²) >= 11 is 3.44. The van der Waals surface area contributed by atoms with Crippen LogP contribution in [-0.2, 0) is 0 Å². The molecule has 0 unspecified atom stereocenters. The number of pyridine rings is 1. The highest BCUT2D eigenvalue weighted by Crippen LogP contribution is 2.27. The van der Waals surface area contributed by atoms with Crippen LogP contribution in [0, 0.1) is 6.92 Å². The minimum Gasteiger partial charge on any atom is -0.380 e. The van der Waals surface area contributed by atoms with E-state index in [9.17, 15) is 0 Å². The quantitative estimate of drug-likeness (QED) is 0.804. The maximum absolute atomic E-state index is 4.24. The van der Waals surface area contributed by atoms with Crippen molar-refractivity contribution >= 4 is 21.6 Å². The zero-order chi connectivity index (χ0) is 9.26. The highest BCUT2D eigenvalue weighted by Gasteiger charge is 2.17. The molecule has 2 nitrogen and oxygen atoms in total. The zero-order valence-corrected chi connectivity index (χ0v) is 9.26.